The van der Waals surface area contributed by atoms with Crippen molar-refractivity contribution in [3.63, 3.8) is 0 Å². The summed E-state index contributed by atoms with van der Waals surface area (Å²) in [7, 11) is 7.17. The van der Waals surface area contributed by atoms with E-state index in [4.69, 9.17) is 42.6 Å². The van der Waals surface area contributed by atoms with E-state index in [1.165, 1.54) is 0 Å². The van der Waals surface area contributed by atoms with Gasteiger partial charge in [-0.2, -0.15) is 0 Å². The predicted molar refractivity (Wildman–Crippen MR) is 121 cm³/mol. The van der Waals surface area contributed by atoms with Crippen LogP contribution in [-0.4, -0.2) is 110 Å². The molecule has 0 aromatic heterocycles. The van der Waals surface area contributed by atoms with Crippen LogP contribution in [0.4, 0.5) is 0 Å². The Morgan fingerprint density at radius 2 is 0.850 bits per heavy atom. The van der Waals surface area contributed by atoms with Gasteiger partial charge in [-0.1, -0.05) is 0 Å². The molecule has 0 saturated heterocycles. The van der Waals surface area contributed by atoms with Gasteiger partial charge in [-0.05, 0) is 0 Å². The molecule has 0 unspecified atom stereocenters. The highest BCUT2D eigenvalue weighted by atomic mass is 16.7. The maximum atomic E-state index is 13.6. The molecule has 0 N–H and O–H groups in total. The molecule has 16 heteroatoms. The minimum atomic E-state index is -3.00. The first kappa shape index (κ1) is 30.0. The molecule has 40 heavy (non-hydrogen) atoms. The largest absolute Gasteiger partial charge is 0.468 e. The number of methoxy groups -OCH3 is 8. The van der Waals surface area contributed by atoms with E-state index in [2.05, 4.69) is 0 Å². The zero-order valence-electron chi connectivity index (χ0n) is 22.5. The molecule has 0 spiro atoms. The molecule has 0 aromatic rings. The Labute approximate surface area is 225 Å². The Balaban J connectivity index is 2.69. The first-order valence-corrected chi connectivity index (χ1v) is 11.0. The van der Waals surface area contributed by atoms with Crippen LogP contribution in [0.5, 0.6) is 0 Å². The van der Waals surface area contributed by atoms with Crippen molar-refractivity contribution in [2.45, 2.75) is 11.4 Å². The molecule has 0 fully saturated rings. The lowest BCUT2D eigenvalue weighted by atomic mass is 9.68. The third kappa shape index (κ3) is 3.35. The van der Waals surface area contributed by atoms with Gasteiger partial charge in [0.2, 0.25) is 11.4 Å². The van der Waals surface area contributed by atoms with Crippen LogP contribution in [0, 0.1) is 5.41 Å². The Hall–Kier alpha value is -4.57. The van der Waals surface area contributed by atoms with Crippen LogP contribution < -0.4 is 0 Å². The van der Waals surface area contributed by atoms with Gasteiger partial charge in [0.1, 0.15) is 11.1 Å². The lowest BCUT2D eigenvalue weighted by molar-refractivity contribution is -0.204. The van der Waals surface area contributed by atoms with Gasteiger partial charge in [-0.3, -0.25) is 4.79 Å². The molecule has 3 rings (SSSR count). The van der Waals surface area contributed by atoms with Crippen LogP contribution >= 0.6 is 0 Å². The van der Waals surface area contributed by atoms with Crippen molar-refractivity contribution in [3.05, 3.63) is 33.4 Å². The fraction of sp³-hybridized carbons (Fsp3) is 0.458. The van der Waals surface area contributed by atoms with Crippen LogP contribution in [0.3, 0.4) is 0 Å². The summed E-state index contributed by atoms with van der Waals surface area (Å²) < 4.78 is 45.1. The fourth-order valence-electron chi connectivity index (χ4n) is 5.16. The number of fused-ring (bicyclic) bond motifs is 2. The van der Waals surface area contributed by atoms with Gasteiger partial charge >= 0.3 is 41.8 Å². The quantitative estimate of drug-likeness (QED) is 0.223. The standard InChI is InChI=1S/C24H24O16/c1-32-15(25)9-10(16(26)33-2)22(9,20(30)37-6)14-13(19(29)36-5)23(21(31)38-7)11(17(27)34-3)12(18(28)35-4)24(14,39-8)40-23/h1-8H3/t23-,24+/m1/s1. The van der Waals surface area contributed by atoms with Crippen LogP contribution in [0.25, 0.3) is 0 Å². The second kappa shape index (κ2) is 10.2. The van der Waals surface area contributed by atoms with E-state index in [9.17, 15) is 33.6 Å². The summed E-state index contributed by atoms with van der Waals surface area (Å²) in [6.45, 7) is 0. The van der Waals surface area contributed by atoms with E-state index in [1.54, 1.807) is 0 Å². The van der Waals surface area contributed by atoms with Gasteiger partial charge in [0.15, 0.2) is 5.41 Å². The van der Waals surface area contributed by atoms with Crippen molar-refractivity contribution in [1.82, 2.24) is 0 Å². The summed E-state index contributed by atoms with van der Waals surface area (Å²) in [6, 6.07) is 0. The molecule has 2 atom stereocenters. The van der Waals surface area contributed by atoms with Gasteiger partial charge < -0.3 is 42.6 Å². The predicted octanol–water partition coefficient (Wildman–Crippen LogP) is -1.79. The molecule has 0 amide bonds. The Morgan fingerprint density at radius 3 is 1.23 bits per heavy atom. The molecule has 2 aliphatic heterocycles. The number of ether oxygens (including phenoxy) is 9. The second-order valence-electron chi connectivity index (χ2n) is 8.05. The monoisotopic (exact) mass is 568 g/mol. The lowest BCUT2D eigenvalue weighted by Gasteiger charge is -2.34. The number of rotatable bonds is 9. The number of hydrogen-bond donors (Lipinski definition) is 0. The van der Waals surface area contributed by atoms with Gasteiger partial charge in [0.05, 0.1) is 66.5 Å². The molecule has 2 bridgehead atoms. The van der Waals surface area contributed by atoms with E-state index >= 15 is 0 Å². The molecule has 0 radical (unpaired) electrons. The summed E-state index contributed by atoms with van der Waals surface area (Å²) >= 11 is 0. The van der Waals surface area contributed by atoms with Crippen LogP contribution in [0.15, 0.2) is 33.4 Å². The summed E-state index contributed by atoms with van der Waals surface area (Å²) in [5.41, 5.74) is -10.7. The van der Waals surface area contributed by atoms with Crippen molar-refractivity contribution < 1.29 is 76.2 Å². The maximum absolute atomic E-state index is 13.6. The average Bonchev–Trinajstić information content (AvgIpc) is 3.44. The van der Waals surface area contributed by atoms with Crippen LogP contribution in [0.1, 0.15) is 0 Å². The Bertz CT molecular complexity index is 1320. The smallest absolute Gasteiger partial charge is 0.348 e. The molecule has 3 aliphatic rings. The van der Waals surface area contributed by atoms with E-state index in [1.807, 2.05) is 0 Å². The number of hydrogen-bond acceptors (Lipinski definition) is 16. The van der Waals surface area contributed by atoms with E-state index in [-0.39, 0.29) is 0 Å². The summed E-state index contributed by atoms with van der Waals surface area (Å²) in [6.07, 6.45) is 0. The number of carbonyl (C=O) groups is 7. The fourth-order valence-corrected chi connectivity index (χ4v) is 5.16. The molecule has 1 aliphatic carbocycles. The van der Waals surface area contributed by atoms with E-state index < -0.39 is 92.0 Å². The van der Waals surface area contributed by atoms with Gasteiger partial charge in [-0.25, -0.2) is 28.8 Å². The highest BCUT2D eigenvalue weighted by Gasteiger charge is 2.84. The summed E-state index contributed by atoms with van der Waals surface area (Å²) in [5.74, 6) is -12.4. The third-order valence-electron chi connectivity index (χ3n) is 6.67. The topological polar surface area (TPSA) is 203 Å². The molecule has 16 nitrogen and oxygen atoms in total. The molecule has 216 valence electrons. The number of carbonyl (C=O) groups excluding carboxylic acids is 7. The molecular weight excluding hydrogens is 544 g/mol. The van der Waals surface area contributed by atoms with Crippen molar-refractivity contribution in [3.8, 4) is 0 Å². The zero-order chi connectivity index (χ0) is 30.4. The maximum Gasteiger partial charge on any atom is 0.348 e. The molecular formula is C24H24O16. The highest BCUT2D eigenvalue weighted by Crippen LogP contribution is 2.71. The normalized spacial score (nSPS) is 23.8. The highest BCUT2D eigenvalue weighted by molar-refractivity contribution is 6.25. The third-order valence-corrected chi connectivity index (χ3v) is 6.67. The minimum absolute atomic E-state index is 0.707. The van der Waals surface area contributed by atoms with Crippen LogP contribution in [-0.2, 0) is 76.2 Å². The van der Waals surface area contributed by atoms with Crippen molar-refractivity contribution in [1.29, 1.82) is 0 Å². The molecule has 0 aromatic carbocycles. The average molecular weight is 568 g/mol. The lowest BCUT2D eigenvalue weighted by Crippen LogP contribution is -2.49. The zero-order valence-corrected chi connectivity index (χ0v) is 22.5. The second-order valence-corrected chi connectivity index (χ2v) is 8.05. The van der Waals surface area contributed by atoms with E-state index in [0.29, 0.717) is 0 Å². The van der Waals surface area contributed by atoms with Crippen molar-refractivity contribution in [2.24, 2.45) is 5.41 Å². The first-order chi connectivity index (χ1) is 18.9. The van der Waals surface area contributed by atoms with Crippen molar-refractivity contribution in [2.75, 3.05) is 56.9 Å². The van der Waals surface area contributed by atoms with Gasteiger partial charge in [0.25, 0.3) is 0 Å². The van der Waals surface area contributed by atoms with E-state index in [0.717, 1.165) is 56.9 Å². The summed E-state index contributed by atoms with van der Waals surface area (Å²) in [5, 5.41) is 0. The number of esters is 7. The Kier molecular flexibility index (Phi) is 7.64. The molecule has 0 saturated carbocycles. The summed E-state index contributed by atoms with van der Waals surface area (Å²) in [4.78, 5) is 92.7. The van der Waals surface area contributed by atoms with Crippen LogP contribution in [0.2, 0.25) is 0 Å². The first-order valence-electron chi connectivity index (χ1n) is 11.0. The van der Waals surface area contributed by atoms with Gasteiger partial charge in [-0.15, -0.1) is 0 Å². The SMILES string of the molecule is COC(=O)C1=C(C(=O)OC)C1(C(=O)OC)C1=C(C(=O)OC)[C@]2(C(=O)OC)O[C@@]1(OC)C(C(=O)OC)=C2C(=O)OC. The van der Waals surface area contributed by atoms with Crippen molar-refractivity contribution >= 4 is 41.8 Å². The Morgan fingerprint density at radius 1 is 0.475 bits per heavy atom. The minimum Gasteiger partial charge on any atom is -0.468 e. The molecule has 2 heterocycles. The van der Waals surface area contributed by atoms with Gasteiger partial charge in [0, 0.05) is 12.7 Å².